The molecule has 2 aromatic rings. The van der Waals surface area contributed by atoms with Crippen LogP contribution in [0.25, 0.3) is 11.1 Å². The van der Waals surface area contributed by atoms with Crippen LogP contribution < -0.4 is 14.8 Å². The Balaban J connectivity index is 1.65. The minimum atomic E-state index is -0.273. The lowest BCUT2D eigenvalue weighted by molar-refractivity contribution is -0.139. The van der Waals surface area contributed by atoms with Gasteiger partial charge >= 0.3 is 0 Å². The molecule has 0 aromatic heterocycles. The van der Waals surface area contributed by atoms with E-state index < -0.39 is 0 Å². The van der Waals surface area contributed by atoms with Gasteiger partial charge in [0, 0.05) is 30.0 Å². The van der Waals surface area contributed by atoms with Gasteiger partial charge in [-0.25, -0.2) is 0 Å². The largest absolute Gasteiger partial charge is 0.493 e. The molecular formula is C26H31NO5. The fraction of sp³-hybridized carbons (Fsp3) is 0.462. The number of methoxy groups -OCH3 is 1. The molecule has 1 saturated heterocycles. The predicted octanol–water partition coefficient (Wildman–Crippen LogP) is 3.97. The Morgan fingerprint density at radius 2 is 1.84 bits per heavy atom. The molecule has 2 aromatic carbocycles. The third kappa shape index (κ3) is 4.11. The summed E-state index contributed by atoms with van der Waals surface area (Å²) in [6.45, 7) is 7.70. The number of hydrogen-bond donors (Lipinski definition) is 1. The quantitative estimate of drug-likeness (QED) is 0.677. The Morgan fingerprint density at radius 1 is 1.09 bits per heavy atom. The van der Waals surface area contributed by atoms with Gasteiger partial charge in [0.2, 0.25) is 5.91 Å². The lowest BCUT2D eigenvalue weighted by atomic mass is 9.86. The number of Topliss-reactive ketones (excluding diaryl/α,β-unsaturated/α-hetero) is 1. The first-order chi connectivity index (χ1) is 15.3. The minimum absolute atomic E-state index is 0.0228. The number of ketones is 1. The highest BCUT2D eigenvalue weighted by Gasteiger charge is 2.40. The Morgan fingerprint density at radius 3 is 2.50 bits per heavy atom. The summed E-state index contributed by atoms with van der Waals surface area (Å²) < 4.78 is 17.7. The summed E-state index contributed by atoms with van der Waals surface area (Å²) in [4.78, 5) is 24.4. The topological polar surface area (TPSA) is 73.9 Å². The molecule has 1 fully saturated rings. The molecule has 0 radical (unpaired) electrons. The number of fused-ring (bicyclic) bond motifs is 1. The first kappa shape index (κ1) is 22.3. The van der Waals surface area contributed by atoms with Crippen molar-refractivity contribution in [1.82, 2.24) is 5.32 Å². The molecule has 0 bridgehead atoms. The van der Waals surface area contributed by atoms with Crippen molar-refractivity contribution < 1.29 is 23.8 Å². The maximum Gasteiger partial charge on any atom is 0.222 e. The molecule has 1 aliphatic carbocycles. The van der Waals surface area contributed by atoms with Gasteiger partial charge in [-0.2, -0.15) is 0 Å². The number of aryl methyl sites for hydroxylation is 1. The fourth-order valence-corrected chi connectivity index (χ4v) is 4.34. The molecule has 1 N–H and O–H groups in total. The van der Waals surface area contributed by atoms with Crippen LogP contribution >= 0.6 is 0 Å². The number of carbonyl (C=O) groups is 2. The van der Waals surface area contributed by atoms with Crippen LogP contribution in [0.15, 0.2) is 30.3 Å². The molecule has 1 aliphatic heterocycles. The molecule has 0 saturated carbocycles. The van der Waals surface area contributed by atoms with Gasteiger partial charge in [-0.1, -0.05) is 44.2 Å². The van der Waals surface area contributed by atoms with E-state index >= 15 is 0 Å². The highest BCUT2D eigenvalue weighted by molar-refractivity contribution is 6.02. The van der Waals surface area contributed by atoms with Crippen molar-refractivity contribution in [2.75, 3.05) is 33.5 Å². The summed E-state index contributed by atoms with van der Waals surface area (Å²) in [7, 11) is 1.64. The molecule has 0 atom stereocenters. The Hall–Kier alpha value is -2.86. The highest BCUT2D eigenvalue weighted by atomic mass is 16.5. The molecule has 32 heavy (non-hydrogen) atoms. The van der Waals surface area contributed by atoms with Gasteiger partial charge < -0.3 is 19.5 Å². The number of benzene rings is 2. The second-order valence-electron chi connectivity index (χ2n) is 9.20. The molecular weight excluding hydrogens is 406 g/mol. The molecule has 1 amide bonds. The Labute approximate surface area is 189 Å². The maximum atomic E-state index is 12.3. The number of amides is 1. The second-order valence-corrected chi connectivity index (χ2v) is 9.20. The van der Waals surface area contributed by atoms with Crippen molar-refractivity contribution in [3.63, 3.8) is 0 Å². The number of ether oxygens (including phenoxy) is 3. The van der Waals surface area contributed by atoms with Crippen LogP contribution in [-0.2, 0) is 16.0 Å². The van der Waals surface area contributed by atoms with Gasteiger partial charge in [-0.3, -0.25) is 9.59 Å². The minimum Gasteiger partial charge on any atom is -0.493 e. The number of nitrogens with one attached hydrogen (secondary N) is 1. The number of hydrogen-bond acceptors (Lipinski definition) is 5. The first-order valence-electron chi connectivity index (χ1n) is 11.2. The zero-order chi connectivity index (χ0) is 22.9. The third-order valence-electron chi connectivity index (χ3n) is 6.38. The lowest BCUT2D eigenvalue weighted by Gasteiger charge is -2.41. The van der Waals surface area contributed by atoms with Crippen molar-refractivity contribution in [3.05, 3.63) is 47.0 Å². The van der Waals surface area contributed by atoms with Crippen LogP contribution in [0.5, 0.6) is 11.5 Å². The van der Waals surface area contributed by atoms with E-state index in [4.69, 9.17) is 14.2 Å². The standard InChI is InChI=1S/C26H31NO5/c1-16(2)25(29)27-12-26(13-31-14-26)15-32-24-21(9-8-17(3)23(24)30-4)18-6-5-7-20-19(18)10-11-22(20)28/h5-9,16H,10-15H2,1-4H3,(H,27,29). The van der Waals surface area contributed by atoms with Crippen molar-refractivity contribution in [1.29, 1.82) is 0 Å². The summed E-state index contributed by atoms with van der Waals surface area (Å²) in [5.74, 6) is 1.50. The van der Waals surface area contributed by atoms with Crippen molar-refractivity contribution in [2.45, 2.75) is 33.6 Å². The van der Waals surface area contributed by atoms with Gasteiger partial charge in [-0.15, -0.1) is 0 Å². The molecule has 6 nitrogen and oxygen atoms in total. The van der Waals surface area contributed by atoms with Crippen molar-refractivity contribution in [3.8, 4) is 22.6 Å². The molecule has 6 heteroatoms. The summed E-state index contributed by atoms with van der Waals surface area (Å²) in [5, 5.41) is 3.02. The summed E-state index contributed by atoms with van der Waals surface area (Å²) in [5.41, 5.74) is 4.49. The zero-order valence-corrected chi connectivity index (χ0v) is 19.2. The Bertz CT molecular complexity index is 1040. The summed E-state index contributed by atoms with van der Waals surface area (Å²) >= 11 is 0. The highest BCUT2D eigenvalue weighted by Crippen LogP contribution is 2.44. The van der Waals surface area contributed by atoms with Crippen LogP contribution in [-0.4, -0.2) is 45.2 Å². The summed E-state index contributed by atoms with van der Waals surface area (Å²) in [6, 6.07) is 9.92. The van der Waals surface area contributed by atoms with Crippen LogP contribution in [0.4, 0.5) is 0 Å². The lowest BCUT2D eigenvalue weighted by Crippen LogP contribution is -2.54. The summed E-state index contributed by atoms with van der Waals surface area (Å²) in [6.07, 6.45) is 1.28. The smallest absolute Gasteiger partial charge is 0.222 e. The normalized spacial score (nSPS) is 16.5. The molecule has 0 unspecified atom stereocenters. The molecule has 4 rings (SSSR count). The van der Waals surface area contributed by atoms with Gasteiger partial charge in [-0.05, 0) is 30.0 Å². The Kier molecular flexibility index (Phi) is 6.24. The van der Waals surface area contributed by atoms with E-state index in [0.29, 0.717) is 44.3 Å². The van der Waals surface area contributed by atoms with Gasteiger partial charge in [0.15, 0.2) is 17.3 Å². The molecule has 2 aliphatic rings. The van der Waals surface area contributed by atoms with Crippen LogP contribution in [0, 0.1) is 18.3 Å². The molecule has 170 valence electrons. The van der Waals surface area contributed by atoms with E-state index in [0.717, 1.165) is 34.2 Å². The van der Waals surface area contributed by atoms with E-state index in [-0.39, 0.29) is 23.0 Å². The number of rotatable bonds is 8. The molecule has 1 heterocycles. The van der Waals surface area contributed by atoms with Crippen molar-refractivity contribution in [2.24, 2.45) is 11.3 Å². The molecule has 0 spiro atoms. The monoisotopic (exact) mass is 437 g/mol. The average molecular weight is 438 g/mol. The predicted molar refractivity (Wildman–Crippen MR) is 122 cm³/mol. The van der Waals surface area contributed by atoms with Crippen LogP contribution in [0.3, 0.4) is 0 Å². The van der Waals surface area contributed by atoms with Crippen LogP contribution in [0.2, 0.25) is 0 Å². The third-order valence-corrected chi connectivity index (χ3v) is 6.38. The SMILES string of the molecule is COc1c(C)ccc(-c2cccc3c2CCC3=O)c1OCC1(CNC(=O)C(C)C)COC1. The first-order valence-corrected chi connectivity index (χ1v) is 11.2. The van der Waals surface area contributed by atoms with Gasteiger partial charge in [0.25, 0.3) is 0 Å². The van der Waals surface area contributed by atoms with E-state index in [1.54, 1.807) is 7.11 Å². The van der Waals surface area contributed by atoms with E-state index in [2.05, 4.69) is 5.32 Å². The fourth-order valence-electron chi connectivity index (χ4n) is 4.34. The van der Waals surface area contributed by atoms with Gasteiger partial charge in [0.05, 0.1) is 25.7 Å². The second kappa shape index (κ2) is 8.94. The van der Waals surface area contributed by atoms with Crippen molar-refractivity contribution >= 4 is 11.7 Å². The average Bonchev–Trinajstić information content (AvgIpc) is 3.13. The van der Waals surface area contributed by atoms with E-state index in [9.17, 15) is 9.59 Å². The zero-order valence-electron chi connectivity index (χ0n) is 19.2. The van der Waals surface area contributed by atoms with Crippen LogP contribution in [0.1, 0.15) is 41.8 Å². The maximum absolute atomic E-state index is 12.3. The van der Waals surface area contributed by atoms with E-state index in [1.807, 2.05) is 51.1 Å². The van der Waals surface area contributed by atoms with Gasteiger partial charge in [0.1, 0.15) is 6.61 Å². The number of carbonyl (C=O) groups excluding carboxylic acids is 2. The van der Waals surface area contributed by atoms with E-state index in [1.165, 1.54) is 0 Å².